The van der Waals surface area contributed by atoms with E-state index in [2.05, 4.69) is 102 Å². The Hall–Kier alpha value is -6.85. The Kier molecular flexibility index (Phi) is 6.42. The van der Waals surface area contributed by atoms with E-state index >= 15 is 0 Å². The van der Waals surface area contributed by atoms with Gasteiger partial charge in [0.05, 0.1) is 11.0 Å². The van der Waals surface area contributed by atoms with Gasteiger partial charge in [-0.05, 0) is 41.5 Å². The molecule has 0 amide bonds. The van der Waals surface area contributed by atoms with Crippen LogP contribution in [0.4, 0.5) is 0 Å². The van der Waals surface area contributed by atoms with Crippen LogP contribution in [0.2, 0.25) is 0 Å². The third-order valence-electron chi connectivity index (χ3n) is 9.46. The van der Waals surface area contributed by atoms with Gasteiger partial charge in [-0.15, -0.1) is 0 Å². The summed E-state index contributed by atoms with van der Waals surface area (Å²) in [4.78, 5) is 15.0. The highest BCUT2D eigenvalue weighted by Gasteiger charge is 2.20. The van der Waals surface area contributed by atoms with E-state index in [0.717, 1.165) is 55.3 Å². The van der Waals surface area contributed by atoms with Crippen molar-refractivity contribution in [3.63, 3.8) is 0 Å². The van der Waals surface area contributed by atoms with Crippen LogP contribution in [0, 0.1) is 0 Å². The van der Waals surface area contributed by atoms with Crippen molar-refractivity contribution in [1.29, 1.82) is 0 Å². The van der Waals surface area contributed by atoms with Gasteiger partial charge in [-0.25, -0.2) is 15.0 Å². The highest BCUT2D eigenvalue weighted by Crippen LogP contribution is 2.41. The molecule has 5 nitrogen and oxygen atoms in total. The maximum Gasteiger partial charge on any atom is 0.164 e. The Bertz CT molecular complexity index is 2800. The predicted octanol–water partition coefficient (Wildman–Crippen LogP) is 11.5. The maximum atomic E-state index is 6.62. The Morgan fingerprint density at radius 3 is 1.68 bits per heavy atom. The average molecular weight is 641 g/mol. The molecule has 0 radical (unpaired) electrons. The van der Waals surface area contributed by atoms with Gasteiger partial charge < -0.3 is 8.98 Å². The van der Waals surface area contributed by atoms with Crippen LogP contribution in [0.25, 0.3) is 94.7 Å². The van der Waals surface area contributed by atoms with Crippen molar-refractivity contribution < 1.29 is 4.42 Å². The van der Waals surface area contributed by atoms with E-state index in [-0.39, 0.29) is 0 Å². The number of rotatable bonds is 5. The molecular formula is C45H28N4O. The number of aromatic nitrogens is 4. The molecule has 0 aliphatic carbocycles. The molecule has 0 saturated carbocycles. The molecule has 3 heterocycles. The minimum atomic E-state index is 0.603. The van der Waals surface area contributed by atoms with Gasteiger partial charge in [-0.1, -0.05) is 133 Å². The van der Waals surface area contributed by atoms with Gasteiger partial charge in [-0.2, -0.15) is 0 Å². The summed E-state index contributed by atoms with van der Waals surface area (Å²) in [6.45, 7) is 0. The molecule has 0 aliphatic heterocycles. The Labute approximate surface area is 287 Å². The van der Waals surface area contributed by atoms with Crippen LogP contribution in [-0.4, -0.2) is 19.5 Å². The smallest absolute Gasteiger partial charge is 0.164 e. The number of nitrogens with zero attached hydrogens (tertiary/aromatic N) is 4. The van der Waals surface area contributed by atoms with Gasteiger partial charge >= 0.3 is 0 Å². The lowest BCUT2D eigenvalue weighted by atomic mass is 9.99. The summed E-state index contributed by atoms with van der Waals surface area (Å²) in [5.41, 5.74) is 10.1. The molecule has 7 aromatic carbocycles. The quantitative estimate of drug-likeness (QED) is 0.188. The number of furan rings is 1. The topological polar surface area (TPSA) is 56.7 Å². The molecule has 0 bridgehead atoms. The molecule has 10 rings (SSSR count). The number of fused-ring (bicyclic) bond motifs is 6. The van der Waals surface area contributed by atoms with E-state index in [4.69, 9.17) is 19.4 Å². The summed E-state index contributed by atoms with van der Waals surface area (Å²) in [7, 11) is 0. The van der Waals surface area contributed by atoms with E-state index in [0.29, 0.717) is 17.5 Å². The van der Waals surface area contributed by atoms with Crippen molar-refractivity contribution in [1.82, 2.24) is 19.5 Å². The zero-order chi connectivity index (χ0) is 33.0. The van der Waals surface area contributed by atoms with E-state index < -0.39 is 0 Å². The molecular weight excluding hydrogens is 613 g/mol. The largest absolute Gasteiger partial charge is 0.456 e. The zero-order valence-corrected chi connectivity index (χ0v) is 26.9. The van der Waals surface area contributed by atoms with Gasteiger partial charge in [-0.3, -0.25) is 0 Å². The van der Waals surface area contributed by atoms with E-state index in [1.54, 1.807) is 0 Å². The molecule has 0 unspecified atom stereocenters. The van der Waals surface area contributed by atoms with Gasteiger partial charge in [0.1, 0.15) is 11.2 Å². The molecule has 5 heteroatoms. The number of benzene rings is 7. The summed E-state index contributed by atoms with van der Waals surface area (Å²) in [5.74, 6) is 1.86. The van der Waals surface area contributed by atoms with E-state index in [1.165, 1.54) is 21.9 Å². The summed E-state index contributed by atoms with van der Waals surface area (Å²) >= 11 is 0. The molecule has 0 saturated heterocycles. The van der Waals surface area contributed by atoms with Crippen molar-refractivity contribution in [3.8, 4) is 51.0 Å². The average Bonchev–Trinajstić information content (AvgIpc) is 3.74. The first kappa shape index (κ1) is 28.2. The molecule has 10 aromatic rings. The van der Waals surface area contributed by atoms with Crippen LogP contribution in [-0.2, 0) is 0 Å². The summed E-state index contributed by atoms with van der Waals surface area (Å²) in [5, 5.41) is 4.44. The second-order valence-corrected chi connectivity index (χ2v) is 12.4. The first-order valence-electron chi connectivity index (χ1n) is 16.7. The van der Waals surface area contributed by atoms with Gasteiger partial charge in [0, 0.05) is 50.0 Å². The molecule has 0 N–H and O–H groups in total. The minimum absolute atomic E-state index is 0.603. The van der Waals surface area contributed by atoms with Gasteiger partial charge in [0.15, 0.2) is 17.5 Å². The molecule has 0 fully saturated rings. The van der Waals surface area contributed by atoms with Crippen LogP contribution >= 0.6 is 0 Å². The normalized spacial score (nSPS) is 11.6. The second kappa shape index (κ2) is 11.4. The van der Waals surface area contributed by atoms with E-state index in [9.17, 15) is 0 Å². The Morgan fingerprint density at radius 1 is 0.380 bits per heavy atom. The van der Waals surface area contributed by atoms with Crippen LogP contribution < -0.4 is 0 Å². The first-order valence-corrected chi connectivity index (χ1v) is 16.7. The Balaban J connectivity index is 1.18. The standard InChI is InChI=1S/C45H28N4O/c1-4-14-29(15-5-1)33-21-12-24-38-41(33)34-20-10-11-23-37(34)49(38)32-26-27-35-40(28-32)50-39-25-13-22-36(42(35)39)45-47-43(30-16-6-2-7-17-30)46-44(48-45)31-18-8-3-9-19-31/h1-28H. The van der Waals surface area contributed by atoms with Crippen molar-refractivity contribution in [2.45, 2.75) is 0 Å². The lowest BCUT2D eigenvalue weighted by molar-refractivity contribution is 0.668. The minimum Gasteiger partial charge on any atom is -0.456 e. The Morgan fingerprint density at radius 2 is 0.960 bits per heavy atom. The van der Waals surface area contributed by atoms with Crippen molar-refractivity contribution in [2.24, 2.45) is 0 Å². The van der Waals surface area contributed by atoms with Crippen LogP contribution in [0.15, 0.2) is 174 Å². The van der Waals surface area contributed by atoms with Crippen molar-refractivity contribution >= 4 is 43.7 Å². The van der Waals surface area contributed by atoms with Gasteiger partial charge in [0.25, 0.3) is 0 Å². The van der Waals surface area contributed by atoms with Crippen LogP contribution in [0.1, 0.15) is 0 Å². The number of para-hydroxylation sites is 1. The van der Waals surface area contributed by atoms with E-state index in [1.807, 2.05) is 72.8 Å². The molecule has 0 atom stereocenters. The highest BCUT2D eigenvalue weighted by molar-refractivity contribution is 6.16. The lowest BCUT2D eigenvalue weighted by Crippen LogP contribution is -2.00. The molecule has 50 heavy (non-hydrogen) atoms. The van der Waals surface area contributed by atoms with Crippen LogP contribution in [0.5, 0.6) is 0 Å². The fourth-order valence-corrected chi connectivity index (χ4v) is 7.22. The third-order valence-corrected chi connectivity index (χ3v) is 9.46. The zero-order valence-electron chi connectivity index (χ0n) is 26.9. The fraction of sp³-hybridized carbons (Fsp3) is 0. The highest BCUT2D eigenvalue weighted by atomic mass is 16.3. The monoisotopic (exact) mass is 640 g/mol. The number of hydrogen-bond acceptors (Lipinski definition) is 4. The summed E-state index contributed by atoms with van der Waals surface area (Å²) in [6, 6.07) is 58.5. The molecule has 3 aromatic heterocycles. The first-order chi connectivity index (χ1) is 24.8. The third kappa shape index (κ3) is 4.52. The van der Waals surface area contributed by atoms with Crippen LogP contribution in [0.3, 0.4) is 0 Å². The summed E-state index contributed by atoms with van der Waals surface area (Å²) < 4.78 is 8.96. The summed E-state index contributed by atoms with van der Waals surface area (Å²) in [6.07, 6.45) is 0. The molecule has 0 aliphatic rings. The lowest BCUT2D eigenvalue weighted by Gasteiger charge is -2.10. The SMILES string of the molecule is c1ccc(-c2nc(-c3ccccc3)nc(-c3cccc4oc5cc(-n6c7ccccc7c7c(-c8ccccc8)cccc76)ccc5c34)n2)cc1. The van der Waals surface area contributed by atoms with Gasteiger partial charge in [0.2, 0.25) is 0 Å². The predicted molar refractivity (Wildman–Crippen MR) is 203 cm³/mol. The maximum absolute atomic E-state index is 6.62. The number of hydrogen-bond donors (Lipinski definition) is 0. The molecule has 234 valence electrons. The van der Waals surface area contributed by atoms with Crippen molar-refractivity contribution in [2.75, 3.05) is 0 Å². The fourth-order valence-electron chi connectivity index (χ4n) is 7.22. The molecule has 0 spiro atoms. The second-order valence-electron chi connectivity index (χ2n) is 12.4. The van der Waals surface area contributed by atoms with Crippen molar-refractivity contribution in [3.05, 3.63) is 170 Å².